The Labute approximate surface area is 151 Å². The Hall–Kier alpha value is -1.94. The van der Waals surface area contributed by atoms with Crippen molar-refractivity contribution in [3.63, 3.8) is 0 Å². The van der Waals surface area contributed by atoms with Gasteiger partial charge in [-0.2, -0.15) is 0 Å². The summed E-state index contributed by atoms with van der Waals surface area (Å²) in [4.78, 5) is 24.5. The van der Waals surface area contributed by atoms with Gasteiger partial charge in [0.25, 0.3) is 0 Å². The van der Waals surface area contributed by atoms with E-state index in [1.54, 1.807) is 43.3 Å². The number of rotatable bonds is 4. The van der Waals surface area contributed by atoms with Crippen molar-refractivity contribution in [1.29, 1.82) is 0 Å². The van der Waals surface area contributed by atoms with Crippen LogP contribution in [0.3, 0.4) is 0 Å². The average molecular weight is 389 g/mol. The predicted octanol–water partition coefficient (Wildman–Crippen LogP) is 5.17. The van der Waals surface area contributed by atoms with E-state index in [1.165, 1.54) is 0 Å². The van der Waals surface area contributed by atoms with Crippen LogP contribution >= 0.6 is 15.9 Å². The molecule has 3 nitrogen and oxygen atoms in total. The lowest BCUT2D eigenvalue weighted by molar-refractivity contribution is 0.0319. The molecule has 0 aliphatic heterocycles. The van der Waals surface area contributed by atoms with Crippen molar-refractivity contribution in [2.45, 2.75) is 39.2 Å². The summed E-state index contributed by atoms with van der Waals surface area (Å²) in [5, 5.41) is 0. The van der Waals surface area contributed by atoms with Crippen LogP contribution in [0.25, 0.3) is 0 Å². The number of esters is 1. The monoisotopic (exact) mass is 388 g/mol. The Morgan fingerprint density at radius 2 is 1.42 bits per heavy atom. The Bertz CT molecular complexity index is 725. The molecule has 126 valence electrons. The van der Waals surface area contributed by atoms with Gasteiger partial charge in [-0.15, -0.1) is 0 Å². The van der Waals surface area contributed by atoms with Gasteiger partial charge in [0.1, 0.15) is 0 Å². The molecular formula is C20H21BrO3. The largest absolute Gasteiger partial charge is 0.451 e. The fourth-order valence-corrected chi connectivity index (χ4v) is 2.50. The SMILES string of the molecule is C[C@H](OC(=O)c1ccc(C(C)(C)C)cc1)C(=O)c1ccc(Br)cc1. The number of Topliss-reactive ketones (excluding diaryl/α,β-unsaturated/α-hetero) is 1. The maximum Gasteiger partial charge on any atom is 0.338 e. The number of hydrogen-bond acceptors (Lipinski definition) is 3. The van der Waals surface area contributed by atoms with Crippen molar-refractivity contribution < 1.29 is 14.3 Å². The highest BCUT2D eigenvalue weighted by molar-refractivity contribution is 9.10. The number of carbonyl (C=O) groups is 2. The van der Waals surface area contributed by atoms with Crippen LogP contribution in [0.15, 0.2) is 53.0 Å². The van der Waals surface area contributed by atoms with Gasteiger partial charge in [-0.1, -0.05) is 61.0 Å². The first-order valence-corrected chi connectivity index (χ1v) is 8.59. The van der Waals surface area contributed by atoms with Crippen molar-refractivity contribution in [3.8, 4) is 0 Å². The van der Waals surface area contributed by atoms with E-state index in [0.29, 0.717) is 11.1 Å². The van der Waals surface area contributed by atoms with E-state index in [-0.39, 0.29) is 11.2 Å². The molecule has 2 rings (SSSR count). The fraction of sp³-hybridized carbons (Fsp3) is 0.300. The molecule has 2 aromatic rings. The zero-order valence-corrected chi connectivity index (χ0v) is 15.9. The molecule has 0 radical (unpaired) electrons. The van der Waals surface area contributed by atoms with Crippen molar-refractivity contribution in [2.75, 3.05) is 0 Å². The lowest BCUT2D eigenvalue weighted by atomic mass is 9.87. The molecule has 0 spiro atoms. The molecule has 0 aliphatic rings. The zero-order chi connectivity index (χ0) is 17.9. The fourth-order valence-electron chi connectivity index (χ4n) is 2.24. The maximum atomic E-state index is 12.3. The van der Waals surface area contributed by atoms with Crippen LogP contribution in [0.4, 0.5) is 0 Å². The van der Waals surface area contributed by atoms with Crippen molar-refractivity contribution in [1.82, 2.24) is 0 Å². The summed E-state index contributed by atoms with van der Waals surface area (Å²) in [5.41, 5.74) is 2.12. The minimum absolute atomic E-state index is 0.0211. The van der Waals surface area contributed by atoms with E-state index < -0.39 is 12.1 Å². The first-order valence-electron chi connectivity index (χ1n) is 7.80. The molecule has 0 bridgehead atoms. The van der Waals surface area contributed by atoms with E-state index in [4.69, 9.17) is 4.74 Å². The molecule has 2 aromatic carbocycles. The smallest absolute Gasteiger partial charge is 0.338 e. The summed E-state index contributed by atoms with van der Waals surface area (Å²) < 4.78 is 6.20. The molecule has 0 amide bonds. The van der Waals surface area contributed by atoms with Gasteiger partial charge in [0.05, 0.1) is 5.56 Å². The average Bonchev–Trinajstić information content (AvgIpc) is 2.54. The normalized spacial score (nSPS) is 12.5. The molecule has 0 aromatic heterocycles. The van der Waals surface area contributed by atoms with Crippen LogP contribution in [0.2, 0.25) is 0 Å². The highest BCUT2D eigenvalue weighted by Crippen LogP contribution is 2.22. The Balaban J connectivity index is 2.05. The molecule has 0 aliphatic carbocycles. The highest BCUT2D eigenvalue weighted by atomic mass is 79.9. The van der Waals surface area contributed by atoms with Gasteiger partial charge in [-0.3, -0.25) is 4.79 Å². The summed E-state index contributed by atoms with van der Waals surface area (Å²) in [6, 6.07) is 14.3. The number of carbonyl (C=O) groups excluding carboxylic acids is 2. The van der Waals surface area contributed by atoms with Gasteiger partial charge in [0.2, 0.25) is 5.78 Å². The van der Waals surface area contributed by atoms with Crippen LogP contribution in [0.5, 0.6) is 0 Å². The van der Waals surface area contributed by atoms with Crippen LogP contribution in [-0.2, 0) is 10.2 Å². The van der Waals surface area contributed by atoms with Crippen LogP contribution in [0, 0.1) is 0 Å². The van der Waals surface area contributed by atoms with E-state index in [2.05, 4.69) is 36.7 Å². The molecule has 0 saturated heterocycles. The van der Waals surface area contributed by atoms with E-state index in [1.807, 2.05) is 12.1 Å². The molecule has 24 heavy (non-hydrogen) atoms. The quantitative estimate of drug-likeness (QED) is 0.535. The molecular weight excluding hydrogens is 368 g/mol. The molecule has 0 saturated carbocycles. The Kier molecular flexibility index (Phi) is 5.60. The number of ketones is 1. The van der Waals surface area contributed by atoms with E-state index >= 15 is 0 Å². The van der Waals surface area contributed by atoms with Gasteiger partial charge in [0.15, 0.2) is 6.10 Å². The Morgan fingerprint density at radius 3 is 1.92 bits per heavy atom. The van der Waals surface area contributed by atoms with E-state index in [0.717, 1.165) is 10.0 Å². The van der Waals surface area contributed by atoms with Crippen LogP contribution < -0.4 is 0 Å². The van der Waals surface area contributed by atoms with Crippen LogP contribution in [0.1, 0.15) is 54.0 Å². The zero-order valence-electron chi connectivity index (χ0n) is 14.3. The molecule has 0 unspecified atom stereocenters. The second-order valence-corrected chi connectivity index (χ2v) is 7.66. The predicted molar refractivity (Wildman–Crippen MR) is 98.5 cm³/mol. The van der Waals surface area contributed by atoms with Crippen molar-refractivity contribution >= 4 is 27.7 Å². The van der Waals surface area contributed by atoms with Gasteiger partial charge in [-0.05, 0) is 42.2 Å². The third-order valence-corrected chi connectivity index (χ3v) is 4.30. The summed E-state index contributed by atoms with van der Waals surface area (Å²) in [7, 11) is 0. The summed E-state index contributed by atoms with van der Waals surface area (Å²) >= 11 is 3.33. The minimum Gasteiger partial charge on any atom is -0.451 e. The third-order valence-electron chi connectivity index (χ3n) is 3.77. The number of ether oxygens (including phenoxy) is 1. The lowest BCUT2D eigenvalue weighted by Crippen LogP contribution is -2.24. The number of halogens is 1. The first-order chi connectivity index (χ1) is 11.2. The summed E-state index contributed by atoms with van der Waals surface area (Å²) in [6.45, 7) is 7.92. The summed E-state index contributed by atoms with van der Waals surface area (Å²) in [6.07, 6.45) is -0.832. The molecule has 0 N–H and O–H groups in total. The second-order valence-electron chi connectivity index (χ2n) is 6.75. The van der Waals surface area contributed by atoms with Crippen molar-refractivity contribution in [2.24, 2.45) is 0 Å². The minimum atomic E-state index is -0.832. The Morgan fingerprint density at radius 1 is 0.917 bits per heavy atom. The van der Waals surface area contributed by atoms with Gasteiger partial charge in [0, 0.05) is 10.0 Å². The summed E-state index contributed by atoms with van der Waals surface area (Å²) in [5.74, 6) is -0.712. The maximum absolute atomic E-state index is 12.3. The second kappa shape index (κ2) is 7.31. The van der Waals surface area contributed by atoms with E-state index in [9.17, 15) is 9.59 Å². The highest BCUT2D eigenvalue weighted by Gasteiger charge is 2.21. The standard InChI is InChI=1S/C20H21BrO3/c1-13(18(22)14-7-11-17(21)12-8-14)24-19(23)15-5-9-16(10-6-15)20(2,3)4/h5-13H,1-4H3/t13-/m0/s1. The lowest BCUT2D eigenvalue weighted by Gasteiger charge is -2.19. The molecule has 4 heteroatoms. The van der Waals surface area contributed by atoms with Gasteiger partial charge < -0.3 is 4.74 Å². The van der Waals surface area contributed by atoms with Gasteiger partial charge in [-0.25, -0.2) is 4.79 Å². The van der Waals surface area contributed by atoms with Crippen LogP contribution in [-0.4, -0.2) is 17.9 Å². The molecule has 1 atom stereocenters. The first kappa shape index (κ1) is 18.4. The number of benzene rings is 2. The van der Waals surface area contributed by atoms with Crippen molar-refractivity contribution in [3.05, 3.63) is 69.7 Å². The topological polar surface area (TPSA) is 43.4 Å². The molecule has 0 heterocycles. The molecule has 0 fully saturated rings. The number of hydrogen-bond donors (Lipinski definition) is 0. The third kappa shape index (κ3) is 4.54. The van der Waals surface area contributed by atoms with Gasteiger partial charge >= 0.3 is 5.97 Å².